The molecule has 3 aliphatic rings. The number of carbonyl (C=O) groups excluding carboxylic acids is 1. The predicted molar refractivity (Wildman–Crippen MR) is 83.6 cm³/mol. The zero-order valence-corrected chi connectivity index (χ0v) is 13.0. The highest BCUT2D eigenvalue weighted by atomic mass is 16.5. The summed E-state index contributed by atoms with van der Waals surface area (Å²) in [6.07, 6.45) is -0.612. The van der Waals surface area contributed by atoms with Crippen molar-refractivity contribution >= 4 is 18.0 Å². The van der Waals surface area contributed by atoms with Crippen molar-refractivity contribution in [3.63, 3.8) is 0 Å². The summed E-state index contributed by atoms with van der Waals surface area (Å²) in [6.45, 7) is 0.691. The Morgan fingerprint density at radius 2 is 2.21 bits per heavy atom. The number of hydrogen-bond acceptors (Lipinski definition) is 11. The Kier molecular flexibility index (Phi) is 3.89. The van der Waals surface area contributed by atoms with E-state index in [4.69, 9.17) is 21.9 Å². The molecule has 12 heteroatoms. The molecule has 3 atom stereocenters. The molecule has 0 saturated carbocycles. The lowest BCUT2D eigenvalue weighted by Gasteiger charge is -2.48. The highest BCUT2D eigenvalue weighted by molar-refractivity contribution is 5.87. The van der Waals surface area contributed by atoms with Crippen LogP contribution >= 0.6 is 0 Å². The third-order valence-electron chi connectivity index (χ3n) is 4.48. The Balaban J connectivity index is 1.82. The summed E-state index contributed by atoms with van der Waals surface area (Å²) in [7, 11) is 0. The van der Waals surface area contributed by atoms with Crippen LogP contribution in [0.25, 0.3) is 0 Å². The minimum absolute atomic E-state index is 0.0417. The maximum absolute atomic E-state index is 11.6. The first kappa shape index (κ1) is 16.5. The standard InChI is InChI=1S/C12H22N8O4/c13-2-3-16-10(21)24-5-6-7-12(19-8(14)18-7)11(22,23)1-4-20(12)9(15)17-6/h6-7,22-23H,1-5,13H2,(H2,15,17)(H,16,21)(H3,14,18,19)/t6?,7-,12-/m0/s1. The number of aliphatic imine (C=N–C) groups is 2. The molecule has 3 aliphatic heterocycles. The molecule has 0 aromatic heterocycles. The molecule has 134 valence electrons. The summed E-state index contributed by atoms with van der Waals surface area (Å²) in [4.78, 5) is 21.6. The van der Waals surface area contributed by atoms with Crippen molar-refractivity contribution in [3.05, 3.63) is 0 Å². The van der Waals surface area contributed by atoms with Crippen LogP contribution in [0.2, 0.25) is 0 Å². The monoisotopic (exact) mass is 342 g/mol. The van der Waals surface area contributed by atoms with Crippen molar-refractivity contribution in [2.24, 2.45) is 27.2 Å². The van der Waals surface area contributed by atoms with Crippen LogP contribution in [0.4, 0.5) is 4.79 Å². The summed E-state index contributed by atoms with van der Waals surface area (Å²) in [5.74, 6) is -1.98. The lowest BCUT2D eigenvalue weighted by molar-refractivity contribution is -0.221. The second-order valence-electron chi connectivity index (χ2n) is 5.94. The Hall–Kier alpha value is -2.31. The van der Waals surface area contributed by atoms with Gasteiger partial charge in [-0.3, -0.25) is 0 Å². The normalized spacial score (nSPS) is 33.0. The second kappa shape index (κ2) is 5.65. The number of ether oxygens (including phenoxy) is 1. The van der Waals surface area contributed by atoms with Gasteiger partial charge >= 0.3 is 6.09 Å². The van der Waals surface area contributed by atoms with Gasteiger partial charge in [-0.1, -0.05) is 0 Å². The average molecular weight is 342 g/mol. The fraction of sp³-hybridized carbons (Fsp3) is 0.750. The molecule has 12 nitrogen and oxygen atoms in total. The molecule has 3 rings (SSSR count). The average Bonchev–Trinajstić information content (AvgIpc) is 3.00. The molecule has 24 heavy (non-hydrogen) atoms. The first-order valence-corrected chi connectivity index (χ1v) is 7.59. The van der Waals surface area contributed by atoms with Crippen molar-refractivity contribution in [2.75, 3.05) is 26.2 Å². The van der Waals surface area contributed by atoms with E-state index in [0.29, 0.717) is 0 Å². The molecule has 3 heterocycles. The third-order valence-corrected chi connectivity index (χ3v) is 4.48. The minimum Gasteiger partial charge on any atom is -0.447 e. The zero-order valence-electron chi connectivity index (χ0n) is 13.0. The fourth-order valence-electron chi connectivity index (χ4n) is 3.44. The molecule has 0 aromatic carbocycles. The Bertz CT molecular complexity index is 594. The number of guanidine groups is 2. The largest absolute Gasteiger partial charge is 0.447 e. The van der Waals surface area contributed by atoms with Gasteiger partial charge in [0.1, 0.15) is 18.7 Å². The van der Waals surface area contributed by atoms with Gasteiger partial charge in [0.05, 0.1) is 0 Å². The number of nitrogens with one attached hydrogen (secondary N) is 2. The second-order valence-corrected chi connectivity index (χ2v) is 5.94. The molecule has 0 aliphatic carbocycles. The molecule has 1 saturated heterocycles. The van der Waals surface area contributed by atoms with Gasteiger partial charge < -0.3 is 47.7 Å². The predicted octanol–water partition coefficient (Wildman–Crippen LogP) is -4.26. The molecule has 0 aromatic rings. The fourth-order valence-corrected chi connectivity index (χ4v) is 3.44. The van der Waals surface area contributed by atoms with Crippen LogP contribution in [0.5, 0.6) is 0 Å². The molecular formula is C12H22N8O4. The van der Waals surface area contributed by atoms with Crippen LogP contribution < -0.4 is 27.8 Å². The molecular weight excluding hydrogens is 320 g/mol. The Morgan fingerprint density at radius 1 is 1.46 bits per heavy atom. The van der Waals surface area contributed by atoms with Gasteiger partial charge in [-0.15, -0.1) is 0 Å². The number of amides is 1. The van der Waals surface area contributed by atoms with E-state index in [1.54, 1.807) is 0 Å². The smallest absolute Gasteiger partial charge is 0.407 e. The van der Waals surface area contributed by atoms with Gasteiger partial charge in [-0.25, -0.2) is 14.8 Å². The maximum atomic E-state index is 11.6. The zero-order chi connectivity index (χ0) is 17.5. The summed E-state index contributed by atoms with van der Waals surface area (Å²) >= 11 is 0. The molecule has 1 fully saturated rings. The van der Waals surface area contributed by atoms with E-state index in [9.17, 15) is 15.0 Å². The van der Waals surface area contributed by atoms with Crippen molar-refractivity contribution in [1.82, 2.24) is 15.5 Å². The Morgan fingerprint density at radius 3 is 2.92 bits per heavy atom. The lowest BCUT2D eigenvalue weighted by atomic mass is 9.87. The summed E-state index contributed by atoms with van der Waals surface area (Å²) in [5, 5.41) is 26.2. The number of alkyl carbamates (subject to hydrolysis) is 1. The summed E-state index contributed by atoms with van der Waals surface area (Å²) < 4.78 is 5.10. The number of nitrogens with two attached hydrogens (primary N) is 3. The van der Waals surface area contributed by atoms with Crippen LogP contribution in [0.15, 0.2) is 9.98 Å². The lowest BCUT2D eigenvalue weighted by Crippen LogP contribution is -2.76. The molecule has 1 unspecified atom stereocenters. The van der Waals surface area contributed by atoms with E-state index < -0.39 is 29.6 Å². The molecule has 0 radical (unpaired) electrons. The third kappa shape index (κ3) is 2.30. The molecule has 1 amide bonds. The van der Waals surface area contributed by atoms with E-state index in [0.717, 1.165) is 0 Å². The molecule has 1 spiro atoms. The summed E-state index contributed by atoms with van der Waals surface area (Å²) in [6, 6.07) is -1.49. The summed E-state index contributed by atoms with van der Waals surface area (Å²) in [5.41, 5.74) is 15.6. The van der Waals surface area contributed by atoms with E-state index >= 15 is 0 Å². The van der Waals surface area contributed by atoms with E-state index in [1.807, 2.05) is 0 Å². The number of aliphatic hydroxyl groups is 2. The van der Waals surface area contributed by atoms with E-state index in [1.165, 1.54) is 4.90 Å². The van der Waals surface area contributed by atoms with E-state index in [-0.39, 0.29) is 44.6 Å². The van der Waals surface area contributed by atoms with Crippen molar-refractivity contribution in [1.29, 1.82) is 0 Å². The SMILES string of the molecule is NCCNC(=O)OCC1N=C(N)N2CCC(O)(O)[C@@]23NC(N)=N[C@@H]13. The number of nitrogens with zero attached hydrogens (tertiary/aromatic N) is 3. The van der Waals surface area contributed by atoms with Gasteiger partial charge in [0, 0.05) is 26.1 Å². The number of hydrogen-bond donors (Lipinski definition) is 7. The first-order chi connectivity index (χ1) is 11.3. The van der Waals surface area contributed by atoms with Crippen molar-refractivity contribution < 1.29 is 19.7 Å². The quantitative estimate of drug-likeness (QED) is 0.247. The first-order valence-electron chi connectivity index (χ1n) is 7.59. The van der Waals surface area contributed by atoms with Crippen LogP contribution in [-0.4, -0.2) is 82.9 Å². The number of carbonyl (C=O) groups is 1. The Labute approximate surface area is 137 Å². The van der Waals surface area contributed by atoms with Crippen LogP contribution in [0.1, 0.15) is 6.42 Å². The topological polar surface area (TPSA) is 197 Å². The van der Waals surface area contributed by atoms with E-state index in [2.05, 4.69) is 20.6 Å². The minimum atomic E-state index is -2.12. The van der Waals surface area contributed by atoms with Gasteiger partial charge in [-0.2, -0.15) is 0 Å². The van der Waals surface area contributed by atoms with Gasteiger partial charge in [-0.05, 0) is 0 Å². The van der Waals surface area contributed by atoms with Crippen LogP contribution in [0.3, 0.4) is 0 Å². The van der Waals surface area contributed by atoms with Gasteiger partial charge in [0.15, 0.2) is 17.6 Å². The number of rotatable bonds is 4. The van der Waals surface area contributed by atoms with Gasteiger partial charge in [0.25, 0.3) is 0 Å². The molecule has 10 N–H and O–H groups in total. The highest BCUT2D eigenvalue weighted by Gasteiger charge is 2.69. The molecule has 0 bridgehead atoms. The maximum Gasteiger partial charge on any atom is 0.407 e. The van der Waals surface area contributed by atoms with Crippen LogP contribution in [-0.2, 0) is 4.74 Å². The van der Waals surface area contributed by atoms with Crippen LogP contribution in [0, 0.1) is 0 Å². The van der Waals surface area contributed by atoms with Crippen molar-refractivity contribution in [3.8, 4) is 0 Å². The highest BCUT2D eigenvalue weighted by Crippen LogP contribution is 2.44. The van der Waals surface area contributed by atoms with Gasteiger partial charge in [0.2, 0.25) is 5.79 Å². The van der Waals surface area contributed by atoms with Crippen molar-refractivity contribution in [2.45, 2.75) is 30.0 Å².